The lowest BCUT2D eigenvalue weighted by atomic mass is 10.2. The lowest BCUT2D eigenvalue weighted by molar-refractivity contribution is -0.121. The number of amides is 1. The molecular weight excluding hydrogens is 458 g/mol. The van der Waals surface area contributed by atoms with Crippen LogP contribution in [-0.4, -0.2) is 42.4 Å². The minimum absolute atomic E-state index is 0.118. The van der Waals surface area contributed by atoms with Gasteiger partial charge in [0, 0.05) is 18.6 Å². The van der Waals surface area contributed by atoms with Crippen molar-refractivity contribution in [3.05, 3.63) is 52.3 Å². The Hall–Kier alpha value is -2.20. The average Bonchev–Trinajstić information content (AvgIpc) is 3.35. The first-order valence-corrected chi connectivity index (χ1v) is 12.5. The molecule has 0 aliphatic carbocycles. The lowest BCUT2D eigenvalue weighted by Crippen LogP contribution is -2.40. The number of aromatic nitrogens is 1. The van der Waals surface area contributed by atoms with E-state index in [0.717, 1.165) is 16.0 Å². The van der Waals surface area contributed by atoms with E-state index in [1.165, 1.54) is 39.9 Å². The Morgan fingerprint density at radius 2 is 2.00 bits per heavy atom. The van der Waals surface area contributed by atoms with Crippen LogP contribution in [0.2, 0.25) is 5.02 Å². The highest BCUT2D eigenvalue weighted by Gasteiger charge is 2.39. The van der Waals surface area contributed by atoms with Gasteiger partial charge in [-0.3, -0.25) is 4.79 Å². The Morgan fingerprint density at radius 1 is 1.26 bits per heavy atom. The quantitative estimate of drug-likeness (QED) is 0.560. The second-order valence-electron chi connectivity index (χ2n) is 7.18. The van der Waals surface area contributed by atoms with E-state index in [2.05, 4.69) is 4.99 Å². The van der Waals surface area contributed by atoms with Gasteiger partial charge >= 0.3 is 0 Å². The minimum Gasteiger partial charge on any atom is -0.494 e. The van der Waals surface area contributed by atoms with Gasteiger partial charge in [0.15, 0.2) is 4.80 Å². The molecule has 1 aliphatic rings. The number of fused-ring (bicyclic) bond motifs is 1. The highest BCUT2D eigenvalue weighted by atomic mass is 35.5. The maximum atomic E-state index is 13.1. The maximum absolute atomic E-state index is 13.1. The van der Waals surface area contributed by atoms with Crippen LogP contribution in [0.5, 0.6) is 5.75 Å². The van der Waals surface area contributed by atoms with Gasteiger partial charge in [0.1, 0.15) is 11.8 Å². The summed E-state index contributed by atoms with van der Waals surface area (Å²) in [6, 6.07) is 10.9. The molecule has 0 saturated carbocycles. The fourth-order valence-corrected chi connectivity index (χ4v) is 6.49. The van der Waals surface area contributed by atoms with Gasteiger partial charge in [0.25, 0.3) is 5.91 Å². The minimum atomic E-state index is -3.81. The van der Waals surface area contributed by atoms with Crippen molar-refractivity contribution >= 4 is 49.1 Å². The van der Waals surface area contributed by atoms with Crippen LogP contribution in [-0.2, 0) is 21.9 Å². The van der Waals surface area contributed by atoms with Gasteiger partial charge in [-0.1, -0.05) is 22.9 Å². The zero-order chi connectivity index (χ0) is 22.2. The Kier molecular flexibility index (Phi) is 6.20. The number of benzene rings is 2. The molecule has 1 fully saturated rings. The van der Waals surface area contributed by atoms with E-state index < -0.39 is 22.0 Å². The van der Waals surface area contributed by atoms with E-state index in [-0.39, 0.29) is 11.4 Å². The monoisotopic (exact) mass is 479 g/mol. The first-order valence-electron chi connectivity index (χ1n) is 9.89. The number of hydrogen-bond donors (Lipinski definition) is 0. The fourth-order valence-electron chi connectivity index (χ4n) is 3.66. The Bertz CT molecular complexity index is 1300. The van der Waals surface area contributed by atoms with E-state index in [9.17, 15) is 13.2 Å². The van der Waals surface area contributed by atoms with E-state index in [1.807, 2.05) is 36.7 Å². The standard InChI is InChI=1S/C21H22ClN3O4S2/c1-3-29-15-8-11-17-19(13-15)30-21(24(17)2)23-20(26)18-5-4-12-25(18)31(27,28)16-9-6-14(22)7-10-16/h6-11,13,18H,3-5,12H2,1-2H3. The molecule has 0 bridgehead atoms. The summed E-state index contributed by atoms with van der Waals surface area (Å²) in [5, 5.41) is 0.452. The molecule has 1 saturated heterocycles. The second-order valence-corrected chi connectivity index (χ2v) is 10.5. The molecule has 0 radical (unpaired) electrons. The first-order chi connectivity index (χ1) is 14.8. The van der Waals surface area contributed by atoms with Crippen LogP contribution in [0.15, 0.2) is 52.4 Å². The van der Waals surface area contributed by atoms with Crippen molar-refractivity contribution in [3.63, 3.8) is 0 Å². The fraction of sp³-hybridized carbons (Fsp3) is 0.333. The average molecular weight is 480 g/mol. The molecule has 1 amide bonds. The van der Waals surface area contributed by atoms with E-state index in [0.29, 0.717) is 29.3 Å². The van der Waals surface area contributed by atoms with E-state index >= 15 is 0 Å². The molecule has 0 spiro atoms. The first kappa shape index (κ1) is 22.0. The molecule has 164 valence electrons. The number of aryl methyl sites for hydroxylation is 1. The Balaban J connectivity index is 1.66. The molecular formula is C21H22ClN3O4S2. The van der Waals surface area contributed by atoms with Gasteiger partial charge in [0.05, 0.1) is 21.7 Å². The largest absolute Gasteiger partial charge is 0.494 e. The Labute approximate surface area is 189 Å². The maximum Gasteiger partial charge on any atom is 0.266 e. The van der Waals surface area contributed by atoms with Crippen molar-refractivity contribution in [1.29, 1.82) is 0 Å². The third-order valence-corrected chi connectivity index (χ3v) is 8.48. The number of carbonyl (C=O) groups excluding carboxylic acids is 1. The SMILES string of the molecule is CCOc1ccc2c(c1)sc(=NC(=O)C1CCCN1S(=O)(=O)c1ccc(Cl)cc1)n2C. The summed E-state index contributed by atoms with van der Waals surface area (Å²) in [4.78, 5) is 18.0. The van der Waals surface area contributed by atoms with E-state index in [4.69, 9.17) is 16.3 Å². The summed E-state index contributed by atoms with van der Waals surface area (Å²) in [5.74, 6) is 0.299. The van der Waals surface area contributed by atoms with Gasteiger partial charge in [-0.25, -0.2) is 8.42 Å². The van der Waals surface area contributed by atoms with Crippen molar-refractivity contribution in [2.24, 2.45) is 12.0 Å². The number of hydrogen-bond acceptors (Lipinski definition) is 5. The van der Waals surface area contributed by atoms with Gasteiger partial charge in [-0.15, -0.1) is 0 Å². The van der Waals surface area contributed by atoms with E-state index in [1.54, 1.807) is 0 Å². The molecule has 1 atom stereocenters. The van der Waals surface area contributed by atoms with Crippen LogP contribution < -0.4 is 9.54 Å². The highest BCUT2D eigenvalue weighted by molar-refractivity contribution is 7.89. The predicted molar refractivity (Wildman–Crippen MR) is 121 cm³/mol. The molecule has 0 N–H and O–H groups in total. The number of carbonyl (C=O) groups is 1. The molecule has 1 aromatic heterocycles. The molecule has 2 aromatic carbocycles. The number of halogens is 1. The normalized spacial score (nSPS) is 18.0. The van der Waals surface area contributed by atoms with Crippen molar-refractivity contribution in [3.8, 4) is 5.75 Å². The third-order valence-electron chi connectivity index (χ3n) is 5.21. The number of ether oxygens (including phenoxy) is 1. The van der Waals surface area contributed by atoms with Crippen molar-refractivity contribution in [2.45, 2.75) is 30.7 Å². The molecule has 1 unspecified atom stereocenters. The summed E-state index contributed by atoms with van der Waals surface area (Å²) in [7, 11) is -1.98. The molecule has 2 heterocycles. The number of rotatable bonds is 5. The zero-order valence-corrected chi connectivity index (χ0v) is 19.5. The molecule has 10 heteroatoms. The van der Waals surface area contributed by atoms with Gasteiger partial charge in [-0.2, -0.15) is 9.30 Å². The molecule has 1 aliphatic heterocycles. The summed E-state index contributed by atoms with van der Waals surface area (Å²) >= 11 is 7.25. The van der Waals surface area contributed by atoms with Gasteiger partial charge < -0.3 is 9.30 Å². The summed E-state index contributed by atoms with van der Waals surface area (Å²) in [6.07, 6.45) is 1.05. The number of thiazole rings is 1. The van der Waals surface area contributed by atoms with Crippen LogP contribution in [0.1, 0.15) is 19.8 Å². The van der Waals surface area contributed by atoms with Gasteiger partial charge in [-0.05, 0) is 62.2 Å². The summed E-state index contributed by atoms with van der Waals surface area (Å²) in [5.41, 5.74) is 0.928. The van der Waals surface area contributed by atoms with Crippen LogP contribution in [0.4, 0.5) is 0 Å². The third kappa shape index (κ3) is 4.27. The number of sulfonamides is 1. The number of nitrogens with zero attached hydrogens (tertiary/aromatic N) is 3. The molecule has 3 aromatic rings. The highest BCUT2D eigenvalue weighted by Crippen LogP contribution is 2.28. The van der Waals surface area contributed by atoms with Crippen molar-refractivity contribution in [1.82, 2.24) is 8.87 Å². The van der Waals surface area contributed by atoms with Crippen LogP contribution in [0, 0.1) is 0 Å². The zero-order valence-electron chi connectivity index (χ0n) is 17.1. The van der Waals surface area contributed by atoms with Crippen molar-refractivity contribution < 1.29 is 17.9 Å². The smallest absolute Gasteiger partial charge is 0.266 e. The topological polar surface area (TPSA) is 81.0 Å². The van der Waals surface area contributed by atoms with Gasteiger partial charge in [0.2, 0.25) is 10.0 Å². The second kappa shape index (κ2) is 8.74. The predicted octanol–water partition coefficient (Wildman–Crippen LogP) is 3.57. The summed E-state index contributed by atoms with van der Waals surface area (Å²) < 4.78 is 35.8. The van der Waals surface area contributed by atoms with Crippen LogP contribution in [0.3, 0.4) is 0 Å². The van der Waals surface area contributed by atoms with Crippen LogP contribution >= 0.6 is 22.9 Å². The van der Waals surface area contributed by atoms with Crippen molar-refractivity contribution in [2.75, 3.05) is 13.2 Å². The lowest BCUT2D eigenvalue weighted by Gasteiger charge is -2.21. The molecule has 4 rings (SSSR count). The Morgan fingerprint density at radius 3 is 2.71 bits per heavy atom. The molecule has 7 nitrogen and oxygen atoms in total. The van der Waals surface area contributed by atoms with Crippen LogP contribution in [0.25, 0.3) is 10.2 Å². The molecule has 31 heavy (non-hydrogen) atoms. The summed E-state index contributed by atoms with van der Waals surface area (Å²) in [6.45, 7) is 2.77.